The number of aliphatic carboxylic acids is 1. The molecule has 1 saturated heterocycles. The lowest BCUT2D eigenvalue weighted by atomic mass is 10.1. The predicted octanol–water partition coefficient (Wildman–Crippen LogP) is 2.38. The monoisotopic (exact) mass is 353 g/mol. The van der Waals surface area contributed by atoms with E-state index >= 15 is 0 Å². The molecule has 0 atom stereocenters. The van der Waals surface area contributed by atoms with Gasteiger partial charge in [-0.3, -0.25) is 14.5 Å². The van der Waals surface area contributed by atoms with Gasteiger partial charge in [0.1, 0.15) is 15.8 Å². The number of carboxylic acids is 1. The van der Waals surface area contributed by atoms with Gasteiger partial charge < -0.3 is 14.6 Å². The third kappa shape index (κ3) is 4.02. The zero-order valence-electron chi connectivity index (χ0n) is 12.6. The van der Waals surface area contributed by atoms with Crippen LogP contribution in [0, 0.1) is 0 Å². The van der Waals surface area contributed by atoms with Crippen LogP contribution in [0.3, 0.4) is 0 Å². The van der Waals surface area contributed by atoms with Crippen LogP contribution in [-0.2, 0) is 9.59 Å². The van der Waals surface area contributed by atoms with Gasteiger partial charge in [0.2, 0.25) is 0 Å². The number of thiocarbonyl (C=S) groups is 1. The SMILES string of the molecule is COc1ccc(/C=C2\SC(=S)N(CCC(=O)O)C2=O)c(OC)c1. The molecule has 0 aromatic heterocycles. The lowest BCUT2D eigenvalue weighted by Crippen LogP contribution is -2.30. The predicted molar refractivity (Wildman–Crippen MR) is 91.7 cm³/mol. The van der Waals surface area contributed by atoms with Gasteiger partial charge in [0.05, 0.1) is 25.5 Å². The Labute approximate surface area is 143 Å². The van der Waals surface area contributed by atoms with Gasteiger partial charge >= 0.3 is 5.97 Å². The molecule has 1 aliphatic heterocycles. The molecule has 1 aromatic rings. The number of methoxy groups -OCH3 is 2. The first-order chi connectivity index (χ1) is 11.0. The Balaban J connectivity index is 2.25. The van der Waals surface area contributed by atoms with Crippen molar-refractivity contribution in [3.63, 3.8) is 0 Å². The van der Waals surface area contributed by atoms with Crippen molar-refractivity contribution >= 4 is 46.3 Å². The highest BCUT2D eigenvalue weighted by Gasteiger charge is 2.32. The normalized spacial score (nSPS) is 16.1. The smallest absolute Gasteiger partial charge is 0.305 e. The van der Waals surface area contributed by atoms with Gasteiger partial charge in [-0.1, -0.05) is 24.0 Å². The van der Waals surface area contributed by atoms with Crippen molar-refractivity contribution in [3.05, 3.63) is 28.7 Å². The van der Waals surface area contributed by atoms with Crippen LogP contribution in [0.15, 0.2) is 23.1 Å². The molecular formula is C15H15NO5S2. The highest BCUT2D eigenvalue weighted by molar-refractivity contribution is 8.26. The topological polar surface area (TPSA) is 76.1 Å². The highest BCUT2D eigenvalue weighted by Crippen LogP contribution is 2.35. The van der Waals surface area contributed by atoms with Crippen LogP contribution in [0.5, 0.6) is 11.5 Å². The van der Waals surface area contributed by atoms with Crippen LogP contribution in [-0.4, -0.2) is 47.0 Å². The molecule has 6 nitrogen and oxygen atoms in total. The Morgan fingerprint density at radius 3 is 2.74 bits per heavy atom. The van der Waals surface area contributed by atoms with Gasteiger partial charge in [-0.15, -0.1) is 0 Å². The van der Waals surface area contributed by atoms with Crippen molar-refractivity contribution in [2.75, 3.05) is 20.8 Å². The fourth-order valence-corrected chi connectivity index (χ4v) is 3.28. The molecular weight excluding hydrogens is 338 g/mol. The minimum absolute atomic E-state index is 0.0666. The van der Waals surface area contributed by atoms with Crippen molar-refractivity contribution in [1.82, 2.24) is 4.90 Å². The summed E-state index contributed by atoms with van der Waals surface area (Å²) >= 11 is 6.29. The summed E-state index contributed by atoms with van der Waals surface area (Å²) in [5.74, 6) is -0.0489. The molecule has 1 amide bonds. The molecule has 1 heterocycles. The van der Waals surface area contributed by atoms with E-state index in [1.54, 1.807) is 31.4 Å². The van der Waals surface area contributed by atoms with E-state index in [-0.39, 0.29) is 18.9 Å². The second-order valence-corrected chi connectivity index (χ2v) is 6.26. The first kappa shape index (κ1) is 17.3. The number of carboxylic acid groups (broad SMARTS) is 1. The molecule has 1 fully saturated rings. The minimum Gasteiger partial charge on any atom is -0.497 e. The average molecular weight is 353 g/mol. The van der Waals surface area contributed by atoms with E-state index < -0.39 is 5.97 Å². The zero-order valence-corrected chi connectivity index (χ0v) is 14.2. The zero-order chi connectivity index (χ0) is 17.0. The van der Waals surface area contributed by atoms with Gasteiger partial charge in [-0.05, 0) is 18.2 Å². The van der Waals surface area contributed by atoms with E-state index in [0.717, 1.165) is 11.8 Å². The number of nitrogens with zero attached hydrogens (tertiary/aromatic N) is 1. The van der Waals surface area contributed by atoms with Crippen LogP contribution in [0.25, 0.3) is 6.08 Å². The van der Waals surface area contributed by atoms with Gasteiger partial charge in [0.25, 0.3) is 5.91 Å². The lowest BCUT2D eigenvalue weighted by Gasteiger charge is -2.12. The fourth-order valence-electron chi connectivity index (χ4n) is 1.98. The van der Waals surface area contributed by atoms with E-state index in [4.69, 9.17) is 26.8 Å². The molecule has 0 aliphatic carbocycles. The summed E-state index contributed by atoms with van der Waals surface area (Å²) in [5.41, 5.74) is 0.715. The van der Waals surface area contributed by atoms with Gasteiger partial charge in [0, 0.05) is 18.2 Å². The molecule has 122 valence electrons. The quantitative estimate of drug-likeness (QED) is 0.621. The lowest BCUT2D eigenvalue weighted by molar-refractivity contribution is -0.137. The number of rotatable bonds is 6. The number of carbonyl (C=O) groups excluding carboxylic acids is 1. The third-order valence-corrected chi connectivity index (χ3v) is 4.53. The molecule has 0 spiro atoms. The maximum Gasteiger partial charge on any atom is 0.305 e. The first-order valence-corrected chi connectivity index (χ1v) is 7.88. The van der Waals surface area contributed by atoms with Gasteiger partial charge in [0.15, 0.2) is 0 Å². The van der Waals surface area contributed by atoms with Gasteiger partial charge in [-0.25, -0.2) is 0 Å². The maximum atomic E-state index is 12.3. The molecule has 1 aromatic carbocycles. The molecule has 2 rings (SSSR count). The Bertz CT molecular complexity index is 686. The largest absolute Gasteiger partial charge is 0.497 e. The number of amides is 1. The molecule has 1 N–H and O–H groups in total. The van der Waals surface area contributed by atoms with Crippen molar-refractivity contribution < 1.29 is 24.2 Å². The van der Waals surface area contributed by atoms with Crippen LogP contribution < -0.4 is 9.47 Å². The number of hydrogen-bond acceptors (Lipinski definition) is 6. The summed E-state index contributed by atoms with van der Waals surface area (Å²) < 4.78 is 10.8. The Morgan fingerprint density at radius 1 is 1.39 bits per heavy atom. The Kier molecular flexibility index (Phi) is 5.62. The standard InChI is InChI=1S/C15H15NO5S2/c1-20-10-4-3-9(11(8-10)21-2)7-12-14(19)16(15(22)23-12)6-5-13(17)18/h3-4,7-8H,5-6H2,1-2H3,(H,17,18)/b12-7-. The summed E-state index contributed by atoms with van der Waals surface area (Å²) in [4.78, 5) is 24.7. The molecule has 0 bridgehead atoms. The fraction of sp³-hybridized carbons (Fsp3) is 0.267. The van der Waals surface area contributed by atoms with Crippen molar-refractivity contribution in [1.29, 1.82) is 0 Å². The third-order valence-electron chi connectivity index (χ3n) is 3.15. The first-order valence-electron chi connectivity index (χ1n) is 6.65. The molecule has 8 heteroatoms. The Morgan fingerprint density at radius 2 is 2.13 bits per heavy atom. The summed E-state index contributed by atoms with van der Waals surface area (Å²) in [7, 11) is 3.09. The molecule has 1 aliphatic rings. The van der Waals surface area contributed by atoms with Crippen molar-refractivity contribution in [3.8, 4) is 11.5 Å². The van der Waals surface area contributed by atoms with E-state index in [2.05, 4.69) is 0 Å². The van der Waals surface area contributed by atoms with Crippen LogP contribution in [0.2, 0.25) is 0 Å². The van der Waals surface area contributed by atoms with E-state index in [1.807, 2.05) is 0 Å². The molecule has 0 unspecified atom stereocenters. The van der Waals surface area contributed by atoms with E-state index in [0.29, 0.717) is 26.3 Å². The number of ether oxygens (including phenoxy) is 2. The summed E-state index contributed by atoms with van der Waals surface area (Å²) in [6, 6.07) is 5.26. The maximum absolute atomic E-state index is 12.3. The van der Waals surface area contributed by atoms with E-state index in [1.165, 1.54) is 12.0 Å². The molecule has 0 saturated carbocycles. The number of hydrogen-bond donors (Lipinski definition) is 1. The number of carbonyl (C=O) groups is 2. The summed E-state index contributed by atoms with van der Waals surface area (Å²) in [6.45, 7) is 0.0666. The van der Waals surface area contributed by atoms with Crippen LogP contribution in [0.1, 0.15) is 12.0 Å². The summed E-state index contributed by atoms with van der Waals surface area (Å²) in [5, 5.41) is 8.73. The number of benzene rings is 1. The second-order valence-electron chi connectivity index (χ2n) is 4.58. The number of thioether (sulfide) groups is 1. The highest BCUT2D eigenvalue weighted by atomic mass is 32.2. The van der Waals surface area contributed by atoms with Crippen LogP contribution >= 0.6 is 24.0 Å². The second kappa shape index (κ2) is 7.47. The van der Waals surface area contributed by atoms with Crippen molar-refractivity contribution in [2.45, 2.75) is 6.42 Å². The minimum atomic E-state index is -0.972. The van der Waals surface area contributed by atoms with Gasteiger partial charge in [-0.2, -0.15) is 0 Å². The molecule has 23 heavy (non-hydrogen) atoms. The Hall–Kier alpha value is -2.06. The van der Waals surface area contributed by atoms with Crippen molar-refractivity contribution in [2.24, 2.45) is 0 Å². The average Bonchev–Trinajstić information content (AvgIpc) is 2.79. The summed E-state index contributed by atoms with van der Waals surface area (Å²) in [6.07, 6.45) is 1.53. The van der Waals surface area contributed by atoms with Crippen LogP contribution in [0.4, 0.5) is 0 Å². The van der Waals surface area contributed by atoms with E-state index in [9.17, 15) is 9.59 Å². The molecule has 0 radical (unpaired) electrons.